The standard InChI is InChI=1S/C19H30N2O5/c1-19(2,3)26-18(23)21-16(17(22)24-4)13-25-15-10-8-14(9-11-15)7-5-6-12-20/h8-11,16H,5-7,12-13,20H2,1-4H3,(H,21,23)/t16-/m0/s1. The van der Waals surface area contributed by atoms with Crippen molar-refractivity contribution in [2.24, 2.45) is 5.73 Å². The first-order chi connectivity index (χ1) is 12.2. The van der Waals surface area contributed by atoms with Crippen LogP contribution in [-0.2, 0) is 20.7 Å². The summed E-state index contributed by atoms with van der Waals surface area (Å²) in [5.41, 5.74) is 6.03. The zero-order valence-electron chi connectivity index (χ0n) is 16.0. The minimum atomic E-state index is -0.959. The van der Waals surface area contributed by atoms with Gasteiger partial charge >= 0.3 is 12.1 Å². The number of alkyl carbamates (subject to hydrolysis) is 1. The summed E-state index contributed by atoms with van der Waals surface area (Å²) in [4.78, 5) is 23.7. The van der Waals surface area contributed by atoms with Crippen LogP contribution < -0.4 is 15.8 Å². The Bertz CT molecular complexity index is 566. The Morgan fingerprint density at radius 2 is 1.81 bits per heavy atom. The highest BCUT2D eigenvalue weighted by molar-refractivity contribution is 5.81. The molecule has 1 aromatic rings. The number of carbonyl (C=O) groups is 2. The largest absolute Gasteiger partial charge is 0.491 e. The van der Waals surface area contributed by atoms with Gasteiger partial charge in [0.2, 0.25) is 0 Å². The molecule has 146 valence electrons. The number of unbranched alkanes of at least 4 members (excludes halogenated alkanes) is 1. The normalized spacial score (nSPS) is 12.2. The molecule has 0 aliphatic rings. The van der Waals surface area contributed by atoms with Gasteiger partial charge in [-0.25, -0.2) is 9.59 Å². The second-order valence-electron chi connectivity index (χ2n) is 6.92. The molecule has 1 aromatic carbocycles. The molecule has 0 aromatic heterocycles. The first-order valence-corrected chi connectivity index (χ1v) is 8.74. The number of hydrogen-bond donors (Lipinski definition) is 2. The van der Waals surface area contributed by atoms with E-state index >= 15 is 0 Å². The minimum absolute atomic E-state index is 0.0571. The quantitative estimate of drug-likeness (QED) is 0.514. The average Bonchev–Trinajstić information content (AvgIpc) is 2.57. The van der Waals surface area contributed by atoms with Crippen LogP contribution in [0.3, 0.4) is 0 Å². The summed E-state index contributed by atoms with van der Waals surface area (Å²) in [6, 6.07) is 6.65. The maximum absolute atomic E-state index is 11.9. The van der Waals surface area contributed by atoms with Gasteiger partial charge in [-0.3, -0.25) is 0 Å². The van der Waals surface area contributed by atoms with Crippen LogP contribution >= 0.6 is 0 Å². The molecule has 0 heterocycles. The lowest BCUT2D eigenvalue weighted by Crippen LogP contribution is -2.47. The van der Waals surface area contributed by atoms with Gasteiger partial charge in [-0.1, -0.05) is 12.1 Å². The third-order valence-corrected chi connectivity index (χ3v) is 3.44. The first kappa shape index (κ1) is 21.8. The summed E-state index contributed by atoms with van der Waals surface area (Å²) in [5, 5.41) is 2.47. The van der Waals surface area contributed by atoms with E-state index in [-0.39, 0.29) is 6.61 Å². The number of hydrogen-bond acceptors (Lipinski definition) is 6. The molecule has 0 saturated carbocycles. The van der Waals surface area contributed by atoms with Crippen molar-refractivity contribution in [2.45, 2.75) is 51.7 Å². The summed E-state index contributed by atoms with van der Waals surface area (Å²) < 4.78 is 15.5. The summed E-state index contributed by atoms with van der Waals surface area (Å²) in [6.07, 6.45) is 2.30. The van der Waals surface area contributed by atoms with Gasteiger partial charge in [-0.2, -0.15) is 0 Å². The number of amides is 1. The Morgan fingerprint density at radius 1 is 1.15 bits per heavy atom. The van der Waals surface area contributed by atoms with Crippen LogP contribution in [0.5, 0.6) is 5.75 Å². The molecule has 7 heteroatoms. The van der Waals surface area contributed by atoms with Crippen molar-refractivity contribution in [3.05, 3.63) is 29.8 Å². The molecular formula is C19H30N2O5. The van der Waals surface area contributed by atoms with E-state index in [1.165, 1.54) is 12.7 Å². The third-order valence-electron chi connectivity index (χ3n) is 3.44. The maximum Gasteiger partial charge on any atom is 0.408 e. The zero-order chi connectivity index (χ0) is 19.6. The van der Waals surface area contributed by atoms with Gasteiger partial charge in [0.25, 0.3) is 0 Å². The molecule has 3 N–H and O–H groups in total. The van der Waals surface area contributed by atoms with Crippen LogP contribution in [0.4, 0.5) is 4.79 Å². The predicted octanol–water partition coefficient (Wildman–Crippen LogP) is 2.41. The van der Waals surface area contributed by atoms with Gasteiger partial charge in [0.05, 0.1) is 7.11 Å². The van der Waals surface area contributed by atoms with E-state index in [4.69, 9.17) is 19.9 Å². The molecule has 0 aliphatic carbocycles. The Kier molecular flexibility index (Phi) is 8.92. The van der Waals surface area contributed by atoms with E-state index in [0.29, 0.717) is 12.3 Å². The fraction of sp³-hybridized carbons (Fsp3) is 0.579. The van der Waals surface area contributed by atoms with Gasteiger partial charge in [0, 0.05) is 0 Å². The van der Waals surface area contributed by atoms with Crippen molar-refractivity contribution in [2.75, 3.05) is 20.3 Å². The summed E-state index contributed by atoms with van der Waals surface area (Å²) in [5.74, 6) is 0.00160. The minimum Gasteiger partial charge on any atom is -0.491 e. The molecule has 0 bridgehead atoms. The van der Waals surface area contributed by atoms with E-state index in [9.17, 15) is 9.59 Å². The number of nitrogens with one attached hydrogen (secondary N) is 1. The molecule has 1 rings (SSSR count). The zero-order valence-corrected chi connectivity index (χ0v) is 16.0. The van der Waals surface area contributed by atoms with Crippen molar-refractivity contribution in [3.63, 3.8) is 0 Å². The van der Waals surface area contributed by atoms with Crippen LogP contribution in [-0.4, -0.2) is 44.0 Å². The molecular weight excluding hydrogens is 336 g/mol. The van der Waals surface area contributed by atoms with Gasteiger partial charge in [0.1, 0.15) is 18.0 Å². The summed E-state index contributed by atoms with van der Waals surface area (Å²) in [6.45, 7) is 5.86. The van der Waals surface area contributed by atoms with Crippen molar-refractivity contribution < 1.29 is 23.8 Å². The van der Waals surface area contributed by atoms with Gasteiger partial charge < -0.3 is 25.3 Å². The number of benzene rings is 1. The highest BCUT2D eigenvalue weighted by atomic mass is 16.6. The van der Waals surface area contributed by atoms with Gasteiger partial charge in [0.15, 0.2) is 6.04 Å². The van der Waals surface area contributed by atoms with E-state index in [1.807, 2.05) is 24.3 Å². The fourth-order valence-corrected chi connectivity index (χ4v) is 2.17. The molecule has 0 saturated heterocycles. The number of aryl methyl sites for hydroxylation is 1. The lowest BCUT2D eigenvalue weighted by Gasteiger charge is -2.22. The molecule has 0 radical (unpaired) electrons. The Balaban J connectivity index is 2.58. The number of ether oxygens (including phenoxy) is 3. The second-order valence-corrected chi connectivity index (χ2v) is 6.92. The molecule has 7 nitrogen and oxygen atoms in total. The van der Waals surface area contributed by atoms with E-state index in [0.717, 1.165) is 19.3 Å². The first-order valence-electron chi connectivity index (χ1n) is 8.74. The highest BCUT2D eigenvalue weighted by Gasteiger charge is 2.25. The Labute approximate surface area is 155 Å². The van der Waals surface area contributed by atoms with Gasteiger partial charge in [-0.05, 0) is 64.3 Å². The maximum atomic E-state index is 11.9. The molecule has 1 atom stereocenters. The second kappa shape index (κ2) is 10.7. The van der Waals surface area contributed by atoms with E-state index < -0.39 is 23.7 Å². The highest BCUT2D eigenvalue weighted by Crippen LogP contribution is 2.14. The lowest BCUT2D eigenvalue weighted by atomic mass is 10.1. The van der Waals surface area contributed by atoms with Crippen LogP contribution in [0.25, 0.3) is 0 Å². The molecule has 0 unspecified atom stereocenters. The number of nitrogens with two attached hydrogens (primary N) is 1. The van der Waals surface area contributed by atoms with Crippen molar-refractivity contribution in [1.82, 2.24) is 5.32 Å². The topological polar surface area (TPSA) is 99.9 Å². The Hall–Kier alpha value is -2.28. The number of carbonyl (C=O) groups excluding carboxylic acids is 2. The fourth-order valence-electron chi connectivity index (χ4n) is 2.17. The van der Waals surface area contributed by atoms with Crippen LogP contribution in [0, 0.1) is 0 Å². The van der Waals surface area contributed by atoms with E-state index in [1.54, 1.807) is 20.8 Å². The molecule has 0 aliphatic heterocycles. The monoisotopic (exact) mass is 366 g/mol. The molecule has 0 spiro atoms. The lowest BCUT2D eigenvalue weighted by molar-refractivity contribution is -0.143. The van der Waals surface area contributed by atoms with Crippen LogP contribution in [0.2, 0.25) is 0 Å². The number of rotatable bonds is 9. The van der Waals surface area contributed by atoms with Crippen molar-refractivity contribution in [3.8, 4) is 5.75 Å². The molecule has 1 amide bonds. The van der Waals surface area contributed by atoms with Crippen LogP contribution in [0.1, 0.15) is 39.2 Å². The smallest absolute Gasteiger partial charge is 0.408 e. The number of methoxy groups -OCH3 is 1. The third kappa shape index (κ3) is 8.71. The number of esters is 1. The SMILES string of the molecule is COC(=O)[C@H](COc1ccc(CCCCN)cc1)NC(=O)OC(C)(C)C. The van der Waals surface area contributed by atoms with Crippen molar-refractivity contribution >= 4 is 12.1 Å². The average molecular weight is 366 g/mol. The van der Waals surface area contributed by atoms with Gasteiger partial charge in [-0.15, -0.1) is 0 Å². The van der Waals surface area contributed by atoms with E-state index in [2.05, 4.69) is 5.32 Å². The molecule has 26 heavy (non-hydrogen) atoms. The summed E-state index contributed by atoms with van der Waals surface area (Å²) >= 11 is 0. The summed E-state index contributed by atoms with van der Waals surface area (Å²) in [7, 11) is 1.25. The molecule has 0 fully saturated rings. The predicted molar refractivity (Wildman–Crippen MR) is 99.1 cm³/mol. The van der Waals surface area contributed by atoms with Crippen molar-refractivity contribution in [1.29, 1.82) is 0 Å². The van der Waals surface area contributed by atoms with Crippen LogP contribution in [0.15, 0.2) is 24.3 Å². The Morgan fingerprint density at radius 3 is 2.35 bits per heavy atom.